The van der Waals surface area contributed by atoms with E-state index in [1.807, 2.05) is 0 Å². The number of carboxylic acids is 1. The normalized spacial score (nSPS) is 11.4. The second-order valence-corrected chi connectivity index (χ2v) is 5.86. The number of hydrogen-bond acceptors (Lipinski definition) is 5. The predicted molar refractivity (Wildman–Crippen MR) is 99.6 cm³/mol. The summed E-state index contributed by atoms with van der Waals surface area (Å²) in [6.45, 7) is 3.25. The van der Waals surface area contributed by atoms with Gasteiger partial charge in [0.1, 0.15) is 11.6 Å². The molecule has 0 spiro atoms. The summed E-state index contributed by atoms with van der Waals surface area (Å²) in [7, 11) is 1.47. The van der Waals surface area contributed by atoms with Gasteiger partial charge in [-0.25, -0.2) is 9.18 Å². The van der Waals surface area contributed by atoms with Crippen molar-refractivity contribution in [1.29, 1.82) is 0 Å². The van der Waals surface area contributed by atoms with Crippen molar-refractivity contribution in [2.24, 2.45) is 0 Å². The summed E-state index contributed by atoms with van der Waals surface area (Å²) in [6, 6.07) is 7.98. The molecule has 2 aromatic rings. The van der Waals surface area contributed by atoms with Crippen LogP contribution in [0.25, 0.3) is 0 Å². The third kappa shape index (κ3) is 5.35. The fraction of sp³-hybridized carbons (Fsp3) is 0.300. The minimum absolute atomic E-state index is 0.223. The van der Waals surface area contributed by atoms with Gasteiger partial charge in [-0.05, 0) is 50.2 Å². The highest BCUT2D eigenvalue weighted by Gasteiger charge is 2.18. The largest absolute Gasteiger partial charge is 0.496 e. The zero-order valence-electron chi connectivity index (χ0n) is 15.8. The predicted octanol–water partition coefficient (Wildman–Crippen LogP) is 3.19. The Balaban J connectivity index is 2.20. The van der Waals surface area contributed by atoms with E-state index in [0.717, 1.165) is 0 Å². The molecule has 2 aromatic carbocycles. The van der Waals surface area contributed by atoms with Crippen molar-refractivity contribution in [2.45, 2.75) is 19.9 Å². The van der Waals surface area contributed by atoms with Gasteiger partial charge in [0, 0.05) is 11.1 Å². The number of carboxylic acid groups (broad SMARTS) is 1. The van der Waals surface area contributed by atoms with Gasteiger partial charge in [-0.3, -0.25) is 4.79 Å². The molecule has 0 radical (unpaired) electrons. The maximum absolute atomic E-state index is 13.6. The molecule has 0 saturated carbocycles. The summed E-state index contributed by atoms with van der Waals surface area (Å²) in [5.41, 5.74) is 0.788. The lowest BCUT2D eigenvalue weighted by molar-refractivity contribution is -0.139. The van der Waals surface area contributed by atoms with Gasteiger partial charge >= 0.3 is 5.97 Å². The van der Waals surface area contributed by atoms with Crippen LogP contribution in [0.3, 0.4) is 0 Å². The second kappa shape index (κ2) is 9.59. The lowest BCUT2D eigenvalue weighted by atomic mass is 10.1. The quantitative estimate of drug-likeness (QED) is 0.682. The first-order valence-electron chi connectivity index (χ1n) is 8.61. The van der Waals surface area contributed by atoms with Gasteiger partial charge in [0.25, 0.3) is 5.91 Å². The average Bonchev–Trinajstić information content (AvgIpc) is 2.66. The Hall–Kier alpha value is -3.29. The maximum Gasteiger partial charge on any atom is 0.341 e. The highest BCUT2D eigenvalue weighted by Crippen LogP contribution is 2.30. The fourth-order valence-corrected chi connectivity index (χ4v) is 2.58. The standard InChI is InChI=1S/C20H22FNO6/c1-4-27-18-9-13(5-7-17(18)28-11-19(23)24)20(25)22-12(2)15-10-14(21)6-8-16(15)26-3/h5-10,12H,4,11H2,1-3H3,(H,22,25)(H,23,24). The molecule has 2 N–H and O–H groups in total. The number of benzene rings is 2. The molecule has 8 heteroatoms. The first kappa shape index (κ1) is 21.0. The van der Waals surface area contributed by atoms with Gasteiger partial charge in [0.15, 0.2) is 18.1 Å². The van der Waals surface area contributed by atoms with Gasteiger partial charge in [-0.2, -0.15) is 0 Å². The average molecular weight is 391 g/mol. The Labute approximate surface area is 162 Å². The molecule has 1 atom stereocenters. The van der Waals surface area contributed by atoms with Crippen molar-refractivity contribution in [3.05, 3.63) is 53.3 Å². The highest BCUT2D eigenvalue weighted by atomic mass is 19.1. The Bertz CT molecular complexity index is 855. The first-order chi connectivity index (χ1) is 13.3. The monoisotopic (exact) mass is 391 g/mol. The van der Waals surface area contributed by atoms with Crippen molar-refractivity contribution in [3.8, 4) is 17.2 Å². The zero-order valence-corrected chi connectivity index (χ0v) is 15.8. The minimum atomic E-state index is -1.12. The van der Waals surface area contributed by atoms with Crippen molar-refractivity contribution in [2.75, 3.05) is 20.3 Å². The van der Waals surface area contributed by atoms with Crippen LogP contribution in [0.2, 0.25) is 0 Å². The van der Waals surface area contributed by atoms with E-state index in [-0.39, 0.29) is 17.1 Å². The molecular weight excluding hydrogens is 369 g/mol. The molecule has 0 heterocycles. The van der Waals surface area contributed by atoms with Crippen LogP contribution in [0.4, 0.5) is 4.39 Å². The summed E-state index contributed by atoms with van der Waals surface area (Å²) < 4.78 is 29.4. The van der Waals surface area contributed by atoms with E-state index in [4.69, 9.17) is 19.3 Å². The topological polar surface area (TPSA) is 94.1 Å². The molecule has 1 amide bonds. The number of methoxy groups -OCH3 is 1. The van der Waals surface area contributed by atoms with E-state index in [2.05, 4.69) is 5.32 Å². The Morgan fingerprint density at radius 3 is 2.46 bits per heavy atom. The van der Waals surface area contributed by atoms with Crippen LogP contribution < -0.4 is 19.5 Å². The second-order valence-electron chi connectivity index (χ2n) is 5.86. The molecule has 0 aliphatic rings. The minimum Gasteiger partial charge on any atom is -0.496 e. The summed E-state index contributed by atoms with van der Waals surface area (Å²) in [5, 5.41) is 11.5. The summed E-state index contributed by atoms with van der Waals surface area (Å²) in [5.74, 6) is -1.03. The van der Waals surface area contributed by atoms with Crippen LogP contribution in [0.5, 0.6) is 17.2 Å². The number of ether oxygens (including phenoxy) is 3. The molecule has 0 aliphatic carbocycles. The zero-order chi connectivity index (χ0) is 20.7. The number of nitrogens with one attached hydrogen (secondary N) is 1. The molecule has 7 nitrogen and oxygen atoms in total. The summed E-state index contributed by atoms with van der Waals surface area (Å²) in [6.07, 6.45) is 0. The van der Waals surface area contributed by atoms with Gasteiger partial charge in [-0.15, -0.1) is 0 Å². The van der Waals surface area contributed by atoms with E-state index in [1.165, 1.54) is 43.5 Å². The smallest absolute Gasteiger partial charge is 0.341 e. The molecular formula is C20H22FNO6. The van der Waals surface area contributed by atoms with E-state index < -0.39 is 30.3 Å². The first-order valence-corrected chi connectivity index (χ1v) is 8.61. The SMILES string of the molecule is CCOc1cc(C(=O)NC(C)c2cc(F)ccc2OC)ccc1OCC(=O)O. The van der Waals surface area contributed by atoms with Gasteiger partial charge < -0.3 is 24.6 Å². The summed E-state index contributed by atoms with van der Waals surface area (Å²) in [4.78, 5) is 23.3. The Morgan fingerprint density at radius 1 is 1.11 bits per heavy atom. The lowest BCUT2D eigenvalue weighted by Crippen LogP contribution is -2.27. The molecule has 0 saturated heterocycles. The van der Waals surface area contributed by atoms with Crippen LogP contribution in [0, 0.1) is 5.82 Å². The Kier molecular flexibility index (Phi) is 7.20. The third-order valence-corrected chi connectivity index (χ3v) is 3.86. The number of aliphatic carboxylic acids is 1. The van der Waals surface area contributed by atoms with Crippen molar-refractivity contribution >= 4 is 11.9 Å². The van der Waals surface area contributed by atoms with Crippen LogP contribution in [-0.4, -0.2) is 37.3 Å². The van der Waals surface area contributed by atoms with Gasteiger partial charge in [0.2, 0.25) is 0 Å². The number of carbonyl (C=O) groups excluding carboxylic acids is 1. The molecule has 0 aromatic heterocycles. The van der Waals surface area contributed by atoms with Crippen LogP contribution >= 0.6 is 0 Å². The number of carbonyl (C=O) groups is 2. The molecule has 1 unspecified atom stereocenters. The number of amides is 1. The number of hydrogen-bond donors (Lipinski definition) is 2. The van der Waals surface area contributed by atoms with E-state index >= 15 is 0 Å². The van der Waals surface area contributed by atoms with Gasteiger partial charge in [-0.1, -0.05) is 0 Å². The lowest BCUT2D eigenvalue weighted by Gasteiger charge is -2.18. The van der Waals surface area contributed by atoms with E-state index in [0.29, 0.717) is 17.9 Å². The molecule has 150 valence electrons. The Morgan fingerprint density at radius 2 is 1.82 bits per heavy atom. The molecule has 0 fully saturated rings. The van der Waals surface area contributed by atoms with Crippen LogP contribution in [-0.2, 0) is 4.79 Å². The third-order valence-electron chi connectivity index (χ3n) is 3.86. The molecule has 0 bridgehead atoms. The van der Waals surface area contributed by atoms with Gasteiger partial charge in [0.05, 0.1) is 19.8 Å². The van der Waals surface area contributed by atoms with E-state index in [9.17, 15) is 14.0 Å². The van der Waals surface area contributed by atoms with E-state index in [1.54, 1.807) is 13.8 Å². The molecule has 28 heavy (non-hydrogen) atoms. The highest BCUT2D eigenvalue weighted by molar-refractivity contribution is 5.95. The molecule has 0 aliphatic heterocycles. The summed E-state index contributed by atoms with van der Waals surface area (Å²) >= 11 is 0. The number of halogens is 1. The molecule has 2 rings (SSSR count). The van der Waals surface area contributed by atoms with Crippen molar-refractivity contribution < 1.29 is 33.3 Å². The van der Waals surface area contributed by atoms with Crippen molar-refractivity contribution in [1.82, 2.24) is 5.32 Å². The van der Waals surface area contributed by atoms with Crippen LogP contribution in [0.15, 0.2) is 36.4 Å². The fourth-order valence-electron chi connectivity index (χ4n) is 2.58. The maximum atomic E-state index is 13.6. The number of rotatable bonds is 9. The van der Waals surface area contributed by atoms with Crippen LogP contribution in [0.1, 0.15) is 35.8 Å². The van der Waals surface area contributed by atoms with Crippen molar-refractivity contribution in [3.63, 3.8) is 0 Å².